The maximum Gasteiger partial charge on any atom is 0.161 e. The monoisotopic (exact) mass is 368 g/mol. The van der Waals surface area contributed by atoms with Crippen molar-refractivity contribution < 1.29 is 19.3 Å². The Hall–Kier alpha value is -2.99. The highest BCUT2D eigenvalue weighted by Gasteiger charge is 2.17. The molecule has 0 aliphatic rings. The molecule has 2 aromatic carbocycles. The van der Waals surface area contributed by atoms with E-state index in [-0.39, 0.29) is 6.61 Å². The zero-order chi connectivity index (χ0) is 19.6. The van der Waals surface area contributed by atoms with Crippen molar-refractivity contribution in [3.8, 4) is 28.5 Å². The molecule has 0 saturated carbocycles. The van der Waals surface area contributed by atoms with Gasteiger partial charge in [-0.25, -0.2) is 4.98 Å². The van der Waals surface area contributed by atoms with E-state index in [1.54, 1.807) is 21.3 Å². The van der Waals surface area contributed by atoms with Crippen LogP contribution in [0.2, 0.25) is 0 Å². The number of aliphatic hydroxyl groups excluding tert-OH is 1. The summed E-state index contributed by atoms with van der Waals surface area (Å²) in [6, 6.07) is 11.6. The van der Waals surface area contributed by atoms with Gasteiger partial charge in [0, 0.05) is 25.2 Å². The van der Waals surface area contributed by atoms with Gasteiger partial charge in [-0.1, -0.05) is 12.1 Å². The Kier molecular flexibility index (Phi) is 5.37. The standard InChI is InChI=1S/C21H24N2O4/c1-23(2)21-19-14(6-7-15(12-24)20(19)27-5)10-16(22-21)13-8-9-17(25-3)18(11-13)26-4/h6-11,24H,12H2,1-5H3. The minimum Gasteiger partial charge on any atom is -0.496 e. The van der Waals surface area contributed by atoms with Crippen molar-refractivity contribution in [1.29, 1.82) is 0 Å². The quantitative estimate of drug-likeness (QED) is 0.719. The van der Waals surface area contributed by atoms with Crippen LogP contribution in [0.5, 0.6) is 17.2 Å². The summed E-state index contributed by atoms with van der Waals surface area (Å²) < 4.78 is 16.3. The van der Waals surface area contributed by atoms with Crippen LogP contribution in [0.25, 0.3) is 22.0 Å². The van der Waals surface area contributed by atoms with E-state index in [1.165, 1.54) is 0 Å². The van der Waals surface area contributed by atoms with Gasteiger partial charge in [-0.15, -0.1) is 0 Å². The van der Waals surface area contributed by atoms with Gasteiger partial charge in [0.1, 0.15) is 11.6 Å². The summed E-state index contributed by atoms with van der Waals surface area (Å²) in [6.07, 6.45) is 0. The zero-order valence-corrected chi connectivity index (χ0v) is 16.2. The number of aliphatic hydroxyl groups is 1. The molecule has 27 heavy (non-hydrogen) atoms. The van der Waals surface area contributed by atoms with E-state index in [4.69, 9.17) is 19.2 Å². The second kappa shape index (κ2) is 7.72. The average Bonchev–Trinajstić information content (AvgIpc) is 2.71. The summed E-state index contributed by atoms with van der Waals surface area (Å²) in [5, 5.41) is 11.5. The summed E-state index contributed by atoms with van der Waals surface area (Å²) in [5.41, 5.74) is 2.46. The predicted octanol–water partition coefficient (Wildman–Crippen LogP) is 3.49. The zero-order valence-electron chi connectivity index (χ0n) is 16.2. The van der Waals surface area contributed by atoms with Gasteiger partial charge in [-0.05, 0) is 29.7 Å². The first-order chi connectivity index (χ1) is 13.0. The van der Waals surface area contributed by atoms with Crippen molar-refractivity contribution in [1.82, 2.24) is 4.98 Å². The van der Waals surface area contributed by atoms with Crippen LogP contribution in [0.4, 0.5) is 5.82 Å². The van der Waals surface area contributed by atoms with Crippen LogP contribution in [-0.4, -0.2) is 45.5 Å². The Labute approximate surface area is 158 Å². The number of benzene rings is 2. The largest absolute Gasteiger partial charge is 0.496 e. The Morgan fingerprint density at radius 2 is 1.67 bits per heavy atom. The Balaban J connectivity index is 2.28. The van der Waals surface area contributed by atoms with Crippen molar-refractivity contribution in [3.63, 3.8) is 0 Å². The number of anilines is 1. The number of methoxy groups -OCH3 is 3. The number of rotatable bonds is 6. The second-order valence-electron chi connectivity index (χ2n) is 6.31. The normalized spacial score (nSPS) is 10.7. The van der Waals surface area contributed by atoms with Crippen LogP contribution in [0.3, 0.4) is 0 Å². The van der Waals surface area contributed by atoms with Gasteiger partial charge in [0.25, 0.3) is 0 Å². The van der Waals surface area contributed by atoms with Crippen LogP contribution in [-0.2, 0) is 6.61 Å². The molecule has 1 aromatic heterocycles. The molecule has 0 fully saturated rings. The van der Waals surface area contributed by atoms with E-state index in [0.717, 1.165) is 33.4 Å². The molecule has 0 bridgehead atoms. The molecular weight excluding hydrogens is 344 g/mol. The molecule has 0 aliphatic heterocycles. The first kappa shape index (κ1) is 18.8. The molecule has 0 saturated heterocycles. The van der Waals surface area contributed by atoms with Gasteiger partial charge < -0.3 is 24.2 Å². The lowest BCUT2D eigenvalue weighted by atomic mass is 10.0. The van der Waals surface area contributed by atoms with E-state index in [1.807, 2.05) is 55.4 Å². The number of hydrogen-bond acceptors (Lipinski definition) is 6. The Bertz CT molecular complexity index is 970. The lowest BCUT2D eigenvalue weighted by Crippen LogP contribution is -2.12. The fraction of sp³-hybridized carbons (Fsp3) is 0.286. The smallest absolute Gasteiger partial charge is 0.161 e. The minimum absolute atomic E-state index is 0.0938. The third kappa shape index (κ3) is 3.36. The van der Waals surface area contributed by atoms with Crippen LogP contribution < -0.4 is 19.1 Å². The SMILES string of the molecule is COc1ccc(-c2cc3ccc(CO)c(OC)c3c(N(C)C)n2)cc1OC. The van der Waals surface area contributed by atoms with Crippen LogP contribution in [0, 0.1) is 0 Å². The summed E-state index contributed by atoms with van der Waals surface area (Å²) in [4.78, 5) is 6.79. The highest BCUT2D eigenvalue weighted by atomic mass is 16.5. The molecule has 1 heterocycles. The third-order valence-corrected chi connectivity index (χ3v) is 4.49. The molecule has 0 unspecified atom stereocenters. The van der Waals surface area contributed by atoms with Gasteiger partial charge in [0.05, 0.1) is 39.0 Å². The molecule has 0 aliphatic carbocycles. The van der Waals surface area contributed by atoms with Crippen molar-refractivity contribution in [3.05, 3.63) is 42.0 Å². The minimum atomic E-state index is -0.0938. The third-order valence-electron chi connectivity index (χ3n) is 4.49. The molecular formula is C21H24N2O4. The summed E-state index contributed by atoms with van der Waals surface area (Å²) in [5.74, 6) is 2.73. The van der Waals surface area contributed by atoms with Gasteiger partial charge in [-0.3, -0.25) is 0 Å². The summed E-state index contributed by atoms with van der Waals surface area (Å²) >= 11 is 0. The van der Waals surface area contributed by atoms with Crippen molar-refractivity contribution in [2.24, 2.45) is 0 Å². The Morgan fingerprint density at radius 3 is 2.26 bits per heavy atom. The van der Waals surface area contributed by atoms with Crippen LogP contribution in [0.15, 0.2) is 36.4 Å². The predicted molar refractivity (Wildman–Crippen MR) is 107 cm³/mol. The summed E-state index contributed by atoms with van der Waals surface area (Å²) in [7, 11) is 8.70. The van der Waals surface area contributed by atoms with Gasteiger partial charge >= 0.3 is 0 Å². The second-order valence-corrected chi connectivity index (χ2v) is 6.31. The fourth-order valence-electron chi connectivity index (χ4n) is 3.17. The van der Waals surface area contributed by atoms with E-state index in [9.17, 15) is 5.11 Å². The lowest BCUT2D eigenvalue weighted by molar-refractivity contribution is 0.274. The topological polar surface area (TPSA) is 64.0 Å². The van der Waals surface area contributed by atoms with Crippen molar-refractivity contribution in [2.75, 3.05) is 40.3 Å². The molecule has 0 atom stereocenters. The number of aromatic nitrogens is 1. The maximum atomic E-state index is 9.64. The van der Waals surface area contributed by atoms with Gasteiger partial charge in [0.15, 0.2) is 11.5 Å². The van der Waals surface area contributed by atoms with Gasteiger partial charge in [-0.2, -0.15) is 0 Å². The number of pyridine rings is 1. The van der Waals surface area contributed by atoms with E-state index >= 15 is 0 Å². The molecule has 0 radical (unpaired) electrons. The molecule has 6 heteroatoms. The molecule has 3 aromatic rings. The van der Waals surface area contributed by atoms with Gasteiger partial charge in [0.2, 0.25) is 0 Å². The van der Waals surface area contributed by atoms with Crippen molar-refractivity contribution in [2.45, 2.75) is 6.61 Å². The molecule has 0 spiro atoms. The van der Waals surface area contributed by atoms with E-state index in [0.29, 0.717) is 17.2 Å². The first-order valence-corrected chi connectivity index (χ1v) is 8.55. The maximum absolute atomic E-state index is 9.64. The van der Waals surface area contributed by atoms with E-state index < -0.39 is 0 Å². The molecule has 1 N–H and O–H groups in total. The number of fused-ring (bicyclic) bond motifs is 1. The molecule has 3 rings (SSSR count). The average molecular weight is 368 g/mol. The highest BCUT2D eigenvalue weighted by Crippen LogP contribution is 2.39. The highest BCUT2D eigenvalue weighted by molar-refractivity contribution is 6.00. The van der Waals surface area contributed by atoms with Crippen molar-refractivity contribution >= 4 is 16.6 Å². The first-order valence-electron chi connectivity index (χ1n) is 8.55. The Morgan fingerprint density at radius 1 is 0.926 bits per heavy atom. The molecule has 0 amide bonds. The fourth-order valence-corrected chi connectivity index (χ4v) is 3.17. The van der Waals surface area contributed by atoms with E-state index in [2.05, 4.69) is 0 Å². The van der Waals surface area contributed by atoms with Crippen LogP contribution in [0.1, 0.15) is 5.56 Å². The molecule has 6 nitrogen and oxygen atoms in total. The van der Waals surface area contributed by atoms with Crippen LogP contribution >= 0.6 is 0 Å². The molecule has 142 valence electrons. The number of ether oxygens (including phenoxy) is 3. The lowest BCUT2D eigenvalue weighted by Gasteiger charge is -2.20. The number of hydrogen-bond donors (Lipinski definition) is 1. The number of nitrogens with zero attached hydrogens (tertiary/aromatic N) is 2. The summed E-state index contributed by atoms with van der Waals surface area (Å²) in [6.45, 7) is -0.0938.